The molecule has 2 aliphatic rings. The Bertz CT molecular complexity index is 2910. The monoisotopic (exact) mass is 1200 g/mol. The number of aryl methyl sites for hydroxylation is 2. The van der Waals surface area contributed by atoms with Crippen molar-refractivity contribution in [2.24, 2.45) is 0 Å². The number of rotatable bonds is 25. The van der Waals surface area contributed by atoms with Crippen molar-refractivity contribution < 1.29 is 114 Å². The van der Waals surface area contributed by atoms with Crippen molar-refractivity contribution >= 4 is 59.7 Å². The molecule has 0 unspecified atom stereocenters. The molecule has 2 heterocycles. The highest BCUT2D eigenvalue weighted by molar-refractivity contribution is 5.78. The van der Waals surface area contributed by atoms with Gasteiger partial charge in [-0.05, 0) is 83.3 Å². The Morgan fingerprint density at radius 3 is 1.05 bits per heavy atom. The van der Waals surface area contributed by atoms with Gasteiger partial charge in [-0.25, -0.2) is 0 Å². The Morgan fingerprint density at radius 2 is 0.721 bits per heavy atom. The van der Waals surface area contributed by atoms with Crippen molar-refractivity contribution in [3.05, 3.63) is 107 Å². The molecule has 0 saturated carbocycles. The smallest absolute Gasteiger partial charge is 0.309 e. The van der Waals surface area contributed by atoms with Gasteiger partial charge in [0.2, 0.25) is 24.8 Å². The minimum atomic E-state index is -1.55. The third-order valence-corrected chi connectivity index (χ3v) is 13.3. The van der Waals surface area contributed by atoms with Crippen LogP contribution in [0, 0.1) is 0 Å². The molecule has 24 heteroatoms. The molecule has 2 aliphatic heterocycles. The van der Waals surface area contributed by atoms with E-state index in [1.807, 2.05) is 24.3 Å². The molecule has 86 heavy (non-hydrogen) atoms. The van der Waals surface area contributed by atoms with Gasteiger partial charge in [-0.1, -0.05) is 60.7 Å². The lowest BCUT2D eigenvalue weighted by atomic mass is 9.95. The van der Waals surface area contributed by atoms with Gasteiger partial charge in [0.25, 0.3) is 0 Å². The Hall–Kier alpha value is -8.90. The van der Waals surface area contributed by atoms with E-state index < -0.39 is 134 Å². The summed E-state index contributed by atoms with van der Waals surface area (Å²) in [6.07, 6.45) is -12.3. The van der Waals surface area contributed by atoms with Crippen LogP contribution >= 0.6 is 0 Å². The molecule has 4 aromatic carbocycles. The summed E-state index contributed by atoms with van der Waals surface area (Å²) in [4.78, 5) is 124. The second-order valence-electron chi connectivity index (χ2n) is 20.1. The highest BCUT2D eigenvalue weighted by Crippen LogP contribution is 2.39. The lowest BCUT2D eigenvalue weighted by Crippen LogP contribution is -2.63. The lowest BCUT2D eigenvalue weighted by molar-refractivity contribution is -0.288. The third-order valence-electron chi connectivity index (χ3n) is 13.3. The fraction of sp³-hybridized carbons (Fsp3) is 0.452. The molecule has 24 nitrogen and oxygen atoms in total. The average molecular weight is 1200 g/mol. The molecule has 0 aliphatic carbocycles. The van der Waals surface area contributed by atoms with Gasteiger partial charge in [0.1, 0.15) is 36.9 Å². The first-order valence-electron chi connectivity index (χ1n) is 27.4. The van der Waals surface area contributed by atoms with Crippen LogP contribution in [0.5, 0.6) is 11.5 Å². The largest absolute Gasteiger partial charge is 0.469 e. The van der Waals surface area contributed by atoms with E-state index in [0.717, 1.165) is 66.5 Å². The molecule has 0 amide bonds. The van der Waals surface area contributed by atoms with Crippen molar-refractivity contribution in [1.82, 2.24) is 0 Å². The first-order chi connectivity index (χ1) is 40.9. The van der Waals surface area contributed by atoms with E-state index in [0.29, 0.717) is 59.1 Å². The van der Waals surface area contributed by atoms with Crippen molar-refractivity contribution in [2.45, 2.75) is 155 Å². The zero-order valence-corrected chi connectivity index (χ0v) is 49.3. The van der Waals surface area contributed by atoms with Crippen LogP contribution in [0.2, 0.25) is 0 Å². The predicted octanol–water partition coefficient (Wildman–Crippen LogP) is 5.94. The standard InChI is InChI=1S/C62H70O24/c1-33(63)75-31-51-55(77-35(3)65)57(79-37(5)67)59(81-39(7)69)61(85-51)83-49-23-21-41(27-47(49)45-19-13-17-43(25-45)29-53(71)73-9)15-11-12-16-42-22-24-50(48(28-42)46-20-14-18-44(26-46)30-54(72)74-10)84-62-60(82-40(8)70)58(80-38(6)68)56(78-36(4)66)52(86-62)32-76-34(2)64/h13-14,17-28,51-52,55-62H,11-12,15-16,29-32H2,1-10H3/t51-,52-,55-,56-,57+,58+,59+,60+,61-,62-/m1/s1. The van der Waals surface area contributed by atoms with Gasteiger partial charge in [0.15, 0.2) is 24.4 Å². The highest BCUT2D eigenvalue weighted by atomic mass is 16.7. The van der Waals surface area contributed by atoms with Crippen LogP contribution < -0.4 is 9.47 Å². The molecule has 0 spiro atoms. The summed E-state index contributed by atoms with van der Waals surface area (Å²) >= 11 is 0. The van der Waals surface area contributed by atoms with Crippen LogP contribution in [0.15, 0.2) is 84.9 Å². The summed E-state index contributed by atoms with van der Waals surface area (Å²) < 4.78 is 79.8. The summed E-state index contributed by atoms with van der Waals surface area (Å²) in [5.74, 6) is -6.82. The van der Waals surface area contributed by atoms with Crippen LogP contribution in [0.3, 0.4) is 0 Å². The Kier molecular flexibility index (Phi) is 24.1. The third kappa shape index (κ3) is 19.3. The van der Waals surface area contributed by atoms with E-state index in [1.165, 1.54) is 14.2 Å². The van der Waals surface area contributed by atoms with E-state index >= 15 is 0 Å². The molecule has 4 aromatic rings. The molecule has 0 aromatic heterocycles. The second kappa shape index (κ2) is 31.3. The molecule has 462 valence electrons. The van der Waals surface area contributed by atoms with Gasteiger partial charge >= 0.3 is 59.7 Å². The van der Waals surface area contributed by atoms with Crippen LogP contribution in [0.25, 0.3) is 22.3 Å². The van der Waals surface area contributed by atoms with Gasteiger partial charge in [-0.3, -0.25) is 47.9 Å². The zero-order valence-electron chi connectivity index (χ0n) is 49.3. The number of ether oxygens (including phenoxy) is 14. The van der Waals surface area contributed by atoms with Gasteiger partial charge in [-0.2, -0.15) is 0 Å². The van der Waals surface area contributed by atoms with Gasteiger partial charge < -0.3 is 66.3 Å². The minimum Gasteiger partial charge on any atom is -0.469 e. The predicted molar refractivity (Wildman–Crippen MR) is 297 cm³/mol. The molecular weight excluding hydrogens is 1130 g/mol. The quantitative estimate of drug-likeness (QED) is 0.0421. The molecule has 10 atom stereocenters. The van der Waals surface area contributed by atoms with Crippen molar-refractivity contribution in [2.75, 3.05) is 27.4 Å². The lowest BCUT2D eigenvalue weighted by Gasteiger charge is -2.44. The molecule has 0 radical (unpaired) electrons. The maximum Gasteiger partial charge on any atom is 0.309 e. The van der Waals surface area contributed by atoms with Gasteiger partial charge in [0.05, 0.1) is 27.1 Å². The number of hydrogen-bond donors (Lipinski definition) is 0. The summed E-state index contributed by atoms with van der Waals surface area (Å²) in [5.41, 5.74) is 5.14. The summed E-state index contributed by atoms with van der Waals surface area (Å²) in [5, 5.41) is 0. The number of carbonyl (C=O) groups excluding carboxylic acids is 10. The molecule has 0 N–H and O–H groups in total. The van der Waals surface area contributed by atoms with Gasteiger partial charge in [0, 0.05) is 66.5 Å². The van der Waals surface area contributed by atoms with E-state index in [1.54, 1.807) is 60.7 Å². The highest BCUT2D eigenvalue weighted by Gasteiger charge is 2.55. The first kappa shape index (κ1) is 66.2. The molecular formula is C62H70O24. The molecule has 2 saturated heterocycles. The molecule has 0 bridgehead atoms. The SMILES string of the molecule is COC(=O)Cc1cccc(-c2cc(CCCCc3ccc(O[C@@H]4O[C@H](COC(C)=O)[C@@H](OC(C)=O)[C@H](OC(C)=O)[C@@H]4OC(C)=O)c(-c4cccc(CC(=O)OC)c4)c3)ccc2O[C@@H]2O[C@H](COC(C)=O)[C@@H](OC(C)=O)[C@H](OC(C)=O)[C@@H]2OC(C)=O)c1. The normalized spacial score (nSPS) is 21.4. The maximum atomic E-state index is 12.7. The van der Waals surface area contributed by atoms with Gasteiger partial charge in [-0.15, -0.1) is 0 Å². The fourth-order valence-corrected chi connectivity index (χ4v) is 9.77. The first-order valence-corrected chi connectivity index (χ1v) is 27.4. The van der Waals surface area contributed by atoms with E-state index in [-0.39, 0.29) is 24.3 Å². The minimum absolute atomic E-state index is 0.0520. The second-order valence-corrected chi connectivity index (χ2v) is 20.1. The Labute approximate surface area is 496 Å². The topological polar surface area (TPSA) is 300 Å². The summed E-state index contributed by atoms with van der Waals surface area (Å²) in [6.45, 7) is 8.06. The van der Waals surface area contributed by atoms with Crippen molar-refractivity contribution in [3.63, 3.8) is 0 Å². The van der Waals surface area contributed by atoms with Crippen LogP contribution in [0.1, 0.15) is 90.5 Å². The molecule has 6 rings (SSSR count). The van der Waals surface area contributed by atoms with Crippen molar-refractivity contribution in [3.8, 4) is 33.8 Å². The zero-order chi connectivity index (χ0) is 62.8. The summed E-state index contributed by atoms with van der Waals surface area (Å²) in [7, 11) is 2.56. The summed E-state index contributed by atoms with van der Waals surface area (Å²) in [6, 6.07) is 24.9. The average Bonchev–Trinajstić information content (AvgIpc) is 1.51. The molecule has 2 fully saturated rings. The maximum absolute atomic E-state index is 12.7. The van der Waals surface area contributed by atoms with Crippen LogP contribution in [0.4, 0.5) is 0 Å². The number of unbranched alkanes of at least 4 members (excludes halogenated alkanes) is 1. The number of benzene rings is 4. The number of hydrogen-bond acceptors (Lipinski definition) is 24. The number of carbonyl (C=O) groups is 10. The Morgan fingerprint density at radius 1 is 0.384 bits per heavy atom. The Balaban J connectivity index is 1.34. The van der Waals surface area contributed by atoms with E-state index in [4.69, 9.17) is 66.3 Å². The van der Waals surface area contributed by atoms with Crippen LogP contribution in [-0.4, -0.2) is 149 Å². The van der Waals surface area contributed by atoms with E-state index in [2.05, 4.69) is 0 Å². The number of methoxy groups -OCH3 is 2. The van der Waals surface area contributed by atoms with E-state index in [9.17, 15) is 47.9 Å². The number of esters is 10. The van der Waals surface area contributed by atoms with Crippen molar-refractivity contribution in [1.29, 1.82) is 0 Å². The fourth-order valence-electron chi connectivity index (χ4n) is 9.77. The van der Waals surface area contributed by atoms with Crippen LogP contribution in [-0.2, 0) is 130 Å².